The van der Waals surface area contributed by atoms with Crippen LogP contribution in [0, 0.1) is 0 Å². The summed E-state index contributed by atoms with van der Waals surface area (Å²) in [7, 11) is 1.78. The Kier molecular flexibility index (Phi) is 3.30. The number of nitrogens with one attached hydrogen (secondary N) is 1. The van der Waals surface area contributed by atoms with E-state index in [4.69, 9.17) is 5.73 Å². The van der Waals surface area contributed by atoms with Crippen LogP contribution in [0.5, 0.6) is 5.75 Å². The maximum absolute atomic E-state index is 12.0. The van der Waals surface area contributed by atoms with Crippen LogP contribution in [-0.2, 0) is 10.2 Å². The number of hydrogen-bond donors (Lipinski definition) is 3. The molecule has 0 radical (unpaired) electrons. The second kappa shape index (κ2) is 5.62. The number of primary amides is 1. The lowest BCUT2D eigenvalue weighted by Gasteiger charge is -2.13. The Bertz CT molecular complexity index is 1260. The van der Waals surface area contributed by atoms with E-state index < -0.39 is 5.41 Å². The molecule has 0 aliphatic heterocycles. The number of nitrogens with two attached hydrogens (primary N) is 1. The van der Waals surface area contributed by atoms with Crippen molar-refractivity contribution in [2.75, 3.05) is 12.4 Å². The molecule has 28 heavy (non-hydrogen) atoms. The quantitative estimate of drug-likeness (QED) is 0.494. The highest BCUT2D eigenvalue weighted by Gasteiger charge is 2.51. The average Bonchev–Trinajstić information content (AvgIpc) is 3.41. The molecule has 0 saturated heterocycles. The fourth-order valence-corrected chi connectivity index (χ4v) is 3.51. The lowest BCUT2D eigenvalue weighted by molar-refractivity contribution is -0.120. The monoisotopic (exact) mass is 375 g/mol. The molecular weight excluding hydrogens is 358 g/mol. The molecule has 0 unspecified atom stereocenters. The molecule has 1 aliphatic rings. The van der Waals surface area contributed by atoms with Crippen LogP contribution in [0.15, 0.2) is 36.8 Å². The fourth-order valence-electron chi connectivity index (χ4n) is 3.51. The van der Waals surface area contributed by atoms with Crippen LogP contribution in [0.3, 0.4) is 0 Å². The van der Waals surface area contributed by atoms with Gasteiger partial charge in [-0.25, -0.2) is 14.5 Å². The second-order valence-corrected chi connectivity index (χ2v) is 6.96. The minimum atomic E-state index is -0.688. The van der Waals surface area contributed by atoms with E-state index in [1.165, 1.54) is 10.7 Å². The Morgan fingerprint density at radius 3 is 2.79 bits per heavy atom. The zero-order valence-electron chi connectivity index (χ0n) is 15.0. The van der Waals surface area contributed by atoms with Crippen LogP contribution in [0.2, 0.25) is 0 Å². The standard InChI is InChI=1S/C19H17N7O2/c1-21-16-12-7-22-14(19(4-5-19)18(20)28)6-11(12)13(8-23-16)17-24-15-3-2-10(27)9-26(15)25-17/h2-3,6-9,27H,4-5H2,1H3,(H2,20,28)(H,21,23). The van der Waals surface area contributed by atoms with Gasteiger partial charge in [0.05, 0.1) is 17.3 Å². The van der Waals surface area contributed by atoms with Crippen LogP contribution >= 0.6 is 0 Å². The summed E-state index contributed by atoms with van der Waals surface area (Å²) in [5, 5.41) is 18.8. The summed E-state index contributed by atoms with van der Waals surface area (Å²) in [5.74, 6) is 0.876. The van der Waals surface area contributed by atoms with Crippen molar-refractivity contribution in [2.45, 2.75) is 18.3 Å². The first-order valence-corrected chi connectivity index (χ1v) is 8.84. The first-order chi connectivity index (χ1) is 13.5. The summed E-state index contributed by atoms with van der Waals surface area (Å²) in [6, 6.07) is 5.12. The van der Waals surface area contributed by atoms with Gasteiger partial charge in [-0.05, 0) is 31.0 Å². The summed E-state index contributed by atoms with van der Waals surface area (Å²) in [4.78, 5) is 25.4. The highest BCUT2D eigenvalue weighted by Crippen LogP contribution is 2.48. The third kappa shape index (κ3) is 2.29. The molecule has 1 fully saturated rings. The van der Waals surface area contributed by atoms with Gasteiger partial charge in [0.25, 0.3) is 0 Å². The second-order valence-electron chi connectivity index (χ2n) is 6.96. The van der Waals surface area contributed by atoms with Crippen LogP contribution < -0.4 is 11.1 Å². The molecule has 4 aromatic heterocycles. The number of rotatable bonds is 4. The molecule has 4 heterocycles. The van der Waals surface area contributed by atoms with Crippen molar-refractivity contribution in [3.05, 3.63) is 42.5 Å². The Morgan fingerprint density at radius 2 is 2.07 bits per heavy atom. The molecule has 5 rings (SSSR count). The number of aromatic hydroxyl groups is 1. The van der Waals surface area contributed by atoms with Crippen LogP contribution in [0.25, 0.3) is 27.8 Å². The van der Waals surface area contributed by atoms with Crippen molar-refractivity contribution in [1.29, 1.82) is 0 Å². The topological polar surface area (TPSA) is 131 Å². The van der Waals surface area contributed by atoms with Crippen molar-refractivity contribution in [3.63, 3.8) is 0 Å². The Labute approximate surface area is 159 Å². The predicted molar refractivity (Wildman–Crippen MR) is 103 cm³/mol. The molecule has 1 aliphatic carbocycles. The number of fused-ring (bicyclic) bond motifs is 2. The minimum absolute atomic E-state index is 0.0982. The molecule has 0 atom stereocenters. The van der Waals surface area contributed by atoms with E-state index in [0.29, 0.717) is 41.4 Å². The van der Waals surface area contributed by atoms with E-state index in [1.807, 2.05) is 6.07 Å². The number of nitrogens with zero attached hydrogens (tertiary/aromatic N) is 5. The van der Waals surface area contributed by atoms with Gasteiger partial charge in [0, 0.05) is 35.8 Å². The number of carbonyl (C=O) groups excluding carboxylic acids is 1. The summed E-state index contributed by atoms with van der Waals surface area (Å²) >= 11 is 0. The first kappa shape index (κ1) is 16.4. The van der Waals surface area contributed by atoms with E-state index in [2.05, 4.69) is 25.4 Å². The SMILES string of the molecule is CNc1ncc(-c2nc3ccc(O)cn3n2)c2cc(C3(C(N)=O)CC3)ncc12. The van der Waals surface area contributed by atoms with Gasteiger partial charge >= 0.3 is 0 Å². The zero-order valence-corrected chi connectivity index (χ0v) is 15.0. The van der Waals surface area contributed by atoms with Crippen molar-refractivity contribution < 1.29 is 9.90 Å². The lowest BCUT2D eigenvalue weighted by atomic mass is 9.97. The number of amides is 1. The highest BCUT2D eigenvalue weighted by atomic mass is 16.3. The average molecular weight is 375 g/mol. The van der Waals surface area contributed by atoms with Crippen LogP contribution in [-0.4, -0.2) is 42.6 Å². The number of anilines is 1. The fraction of sp³-hybridized carbons (Fsp3) is 0.211. The maximum atomic E-state index is 12.0. The third-order valence-corrected chi connectivity index (χ3v) is 5.28. The molecule has 4 aromatic rings. The third-order valence-electron chi connectivity index (χ3n) is 5.28. The van der Waals surface area contributed by atoms with E-state index in [0.717, 1.165) is 10.8 Å². The van der Waals surface area contributed by atoms with Crippen LogP contribution in [0.1, 0.15) is 18.5 Å². The van der Waals surface area contributed by atoms with Gasteiger partial charge in [0.15, 0.2) is 11.5 Å². The molecule has 9 nitrogen and oxygen atoms in total. The zero-order chi connectivity index (χ0) is 19.5. The Morgan fingerprint density at radius 1 is 1.25 bits per heavy atom. The van der Waals surface area contributed by atoms with E-state index >= 15 is 0 Å². The lowest BCUT2D eigenvalue weighted by Crippen LogP contribution is -2.29. The molecular formula is C19H17N7O2. The minimum Gasteiger partial charge on any atom is -0.506 e. The Balaban J connectivity index is 1.76. The van der Waals surface area contributed by atoms with Crippen molar-refractivity contribution >= 4 is 28.1 Å². The smallest absolute Gasteiger partial charge is 0.229 e. The number of aromatic nitrogens is 5. The van der Waals surface area contributed by atoms with Gasteiger partial charge in [-0.2, -0.15) is 0 Å². The summed E-state index contributed by atoms with van der Waals surface area (Å²) in [6.07, 6.45) is 6.29. The molecule has 0 aromatic carbocycles. The summed E-state index contributed by atoms with van der Waals surface area (Å²) < 4.78 is 1.51. The van der Waals surface area contributed by atoms with Crippen molar-refractivity contribution in [2.24, 2.45) is 5.73 Å². The number of carbonyl (C=O) groups is 1. The Hall–Kier alpha value is -3.75. The van der Waals surface area contributed by atoms with Gasteiger partial charge in [0.2, 0.25) is 5.91 Å². The molecule has 1 amide bonds. The van der Waals surface area contributed by atoms with Crippen molar-refractivity contribution in [3.8, 4) is 17.1 Å². The van der Waals surface area contributed by atoms with E-state index in [9.17, 15) is 9.90 Å². The van der Waals surface area contributed by atoms with E-state index in [-0.39, 0.29) is 11.7 Å². The number of pyridine rings is 3. The van der Waals surface area contributed by atoms with Gasteiger partial charge in [0.1, 0.15) is 11.6 Å². The molecule has 4 N–H and O–H groups in total. The largest absolute Gasteiger partial charge is 0.506 e. The summed E-state index contributed by atoms with van der Waals surface area (Å²) in [5.41, 5.74) is 6.90. The van der Waals surface area contributed by atoms with Gasteiger partial charge in [-0.1, -0.05) is 0 Å². The highest BCUT2D eigenvalue weighted by molar-refractivity contribution is 6.01. The van der Waals surface area contributed by atoms with Gasteiger partial charge < -0.3 is 16.2 Å². The van der Waals surface area contributed by atoms with E-state index in [1.54, 1.807) is 31.6 Å². The van der Waals surface area contributed by atoms with Gasteiger partial charge in [-0.3, -0.25) is 9.78 Å². The molecule has 9 heteroatoms. The van der Waals surface area contributed by atoms with Crippen molar-refractivity contribution in [1.82, 2.24) is 24.6 Å². The first-order valence-electron chi connectivity index (χ1n) is 8.84. The molecule has 0 bridgehead atoms. The predicted octanol–water partition coefficient (Wildman–Crippen LogP) is 1.60. The maximum Gasteiger partial charge on any atom is 0.229 e. The molecule has 0 spiro atoms. The number of hydrogen-bond acceptors (Lipinski definition) is 7. The summed E-state index contributed by atoms with van der Waals surface area (Å²) in [6.45, 7) is 0. The molecule has 140 valence electrons. The normalized spacial score (nSPS) is 15.0. The molecule has 1 saturated carbocycles. The van der Waals surface area contributed by atoms with Crippen LogP contribution in [0.4, 0.5) is 5.82 Å². The van der Waals surface area contributed by atoms with Gasteiger partial charge in [-0.15, -0.1) is 5.10 Å².